The lowest BCUT2D eigenvalue weighted by atomic mass is 10.1. The molecule has 1 aliphatic heterocycles. The first-order valence-electron chi connectivity index (χ1n) is 7.57. The summed E-state index contributed by atoms with van der Waals surface area (Å²) in [6, 6.07) is 0. The van der Waals surface area contributed by atoms with E-state index in [1.165, 1.54) is 11.4 Å². The van der Waals surface area contributed by atoms with Gasteiger partial charge in [-0.05, 0) is 25.8 Å². The Balaban J connectivity index is 1.66. The van der Waals surface area contributed by atoms with E-state index in [0.717, 1.165) is 50.8 Å². The molecule has 0 saturated carbocycles. The van der Waals surface area contributed by atoms with Crippen LogP contribution in [0.4, 0.5) is 0 Å². The zero-order chi connectivity index (χ0) is 14.4. The van der Waals surface area contributed by atoms with Crippen molar-refractivity contribution in [3.05, 3.63) is 16.1 Å². The van der Waals surface area contributed by atoms with Crippen LogP contribution in [0.1, 0.15) is 31.0 Å². The van der Waals surface area contributed by atoms with E-state index in [2.05, 4.69) is 41.5 Å². The number of ether oxygens (including phenoxy) is 1. The van der Waals surface area contributed by atoms with Crippen LogP contribution in [0.2, 0.25) is 0 Å². The molecule has 0 bridgehead atoms. The third kappa shape index (κ3) is 5.48. The van der Waals surface area contributed by atoms with Crippen LogP contribution in [0, 0.1) is 5.92 Å². The Morgan fingerprint density at radius 1 is 1.55 bits per heavy atom. The van der Waals surface area contributed by atoms with Crippen molar-refractivity contribution in [2.45, 2.75) is 39.3 Å². The van der Waals surface area contributed by atoms with E-state index in [-0.39, 0.29) is 0 Å². The van der Waals surface area contributed by atoms with Crippen molar-refractivity contribution >= 4 is 11.3 Å². The van der Waals surface area contributed by atoms with Gasteiger partial charge in [-0.25, -0.2) is 4.98 Å². The molecular weight excluding hydrogens is 270 g/mol. The number of hydrogen-bond donors (Lipinski definition) is 1. The van der Waals surface area contributed by atoms with Gasteiger partial charge in [0, 0.05) is 31.6 Å². The minimum absolute atomic E-state index is 0.313. The second kappa shape index (κ2) is 8.08. The van der Waals surface area contributed by atoms with E-state index in [0.29, 0.717) is 6.10 Å². The van der Waals surface area contributed by atoms with Crippen molar-refractivity contribution in [3.8, 4) is 0 Å². The number of nitrogens with zero attached hydrogens (tertiary/aromatic N) is 2. The van der Waals surface area contributed by atoms with Crippen molar-refractivity contribution in [3.63, 3.8) is 0 Å². The summed E-state index contributed by atoms with van der Waals surface area (Å²) in [6.07, 6.45) is 2.65. The van der Waals surface area contributed by atoms with Crippen LogP contribution < -0.4 is 5.32 Å². The Labute approximate surface area is 126 Å². The van der Waals surface area contributed by atoms with Crippen molar-refractivity contribution < 1.29 is 4.74 Å². The molecule has 2 heterocycles. The smallest absolute Gasteiger partial charge is 0.0928 e. The van der Waals surface area contributed by atoms with Gasteiger partial charge in [0.05, 0.1) is 23.4 Å². The molecule has 1 fully saturated rings. The largest absolute Gasteiger partial charge is 0.374 e. The molecule has 5 heteroatoms. The second-order valence-electron chi connectivity index (χ2n) is 6.05. The van der Waals surface area contributed by atoms with Gasteiger partial charge in [0.1, 0.15) is 0 Å². The maximum Gasteiger partial charge on any atom is 0.0928 e. The zero-order valence-corrected chi connectivity index (χ0v) is 13.7. The maximum absolute atomic E-state index is 5.73. The quantitative estimate of drug-likeness (QED) is 0.837. The lowest BCUT2D eigenvalue weighted by Crippen LogP contribution is -2.44. The second-order valence-corrected chi connectivity index (χ2v) is 6.99. The summed E-state index contributed by atoms with van der Waals surface area (Å²) in [7, 11) is 2.15. The fourth-order valence-electron chi connectivity index (χ4n) is 2.31. The van der Waals surface area contributed by atoms with Gasteiger partial charge in [0.15, 0.2) is 0 Å². The molecule has 0 unspecified atom stereocenters. The van der Waals surface area contributed by atoms with Crippen molar-refractivity contribution in [1.29, 1.82) is 0 Å². The highest BCUT2D eigenvalue weighted by Crippen LogP contribution is 2.14. The Kier molecular flexibility index (Phi) is 6.42. The Morgan fingerprint density at radius 3 is 3.15 bits per heavy atom. The van der Waals surface area contributed by atoms with Gasteiger partial charge in [-0.1, -0.05) is 13.8 Å². The van der Waals surface area contributed by atoms with Gasteiger partial charge in [-0.2, -0.15) is 0 Å². The average molecular weight is 297 g/mol. The van der Waals surface area contributed by atoms with Gasteiger partial charge in [0.25, 0.3) is 0 Å². The first-order chi connectivity index (χ1) is 9.63. The molecule has 1 atom stereocenters. The van der Waals surface area contributed by atoms with Crippen LogP contribution in [0.15, 0.2) is 5.38 Å². The fraction of sp³-hybridized carbons (Fsp3) is 0.800. The number of hydrogen-bond acceptors (Lipinski definition) is 5. The monoisotopic (exact) mass is 297 g/mol. The highest BCUT2D eigenvalue weighted by molar-refractivity contribution is 7.09. The molecule has 0 spiro atoms. The third-order valence-electron chi connectivity index (χ3n) is 3.55. The van der Waals surface area contributed by atoms with Gasteiger partial charge in [-0.15, -0.1) is 11.3 Å². The highest BCUT2D eigenvalue weighted by Gasteiger charge is 2.17. The molecule has 1 N–H and O–H groups in total. The maximum atomic E-state index is 5.73. The fourth-order valence-corrected chi connectivity index (χ4v) is 3.12. The van der Waals surface area contributed by atoms with Gasteiger partial charge in [-0.3, -0.25) is 0 Å². The predicted molar refractivity (Wildman–Crippen MR) is 84.2 cm³/mol. The van der Waals surface area contributed by atoms with Gasteiger partial charge in [0.2, 0.25) is 0 Å². The molecule has 114 valence electrons. The summed E-state index contributed by atoms with van der Waals surface area (Å²) in [6.45, 7) is 9.18. The first kappa shape index (κ1) is 15.9. The summed E-state index contributed by atoms with van der Waals surface area (Å²) in [5.41, 5.74) is 1.16. The molecule has 20 heavy (non-hydrogen) atoms. The summed E-state index contributed by atoms with van der Waals surface area (Å²) in [4.78, 5) is 7.01. The molecule has 0 radical (unpaired) electrons. The number of nitrogens with one attached hydrogen (secondary N) is 1. The normalized spacial score (nSPS) is 20.7. The minimum atomic E-state index is 0.313. The minimum Gasteiger partial charge on any atom is -0.374 e. The van der Waals surface area contributed by atoms with E-state index in [4.69, 9.17) is 4.74 Å². The number of aryl methyl sites for hydroxylation is 1. The van der Waals surface area contributed by atoms with E-state index in [1.54, 1.807) is 11.3 Å². The molecule has 0 amide bonds. The number of morpholine rings is 1. The highest BCUT2D eigenvalue weighted by atomic mass is 32.1. The van der Waals surface area contributed by atoms with Crippen molar-refractivity contribution in [2.24, 2.45) is 5.92 Å². The molecule has 2 rings (SSSR count). The number of aromatic nitrogens is 1. The molecule has 4 nitrogen and oxygen atoms in total. The molecule has 1 aromatic heterocycles. The summed E-state index contributed by atoms with van der Waals surface area (Å²) >= 11 is 1.79. The van der Waals surface area contributed by atoms with Crippen LogP contribution in [0.3, 0.4) is 0 Å². The Hall–Kier alpha value is -0.490. The SMILES string of the molecule is CC(C)CCc1nc(CNC[C@H]2CN(C)CCO2)cs1. The lowest BCUT2D eigenvalue weighted by molar-refractivity contribution is -0.0182. The van der Waals surface area contributed by atoms with E-state index in [9.17, 15) is 0 Å². The summed E-state index contributed by atoms with van der Waals surface area (Å²) in [5, 5.41) is 6.91. The van der Waals surface area contributed by atoms with Crippen LogP contribution >= 0.6 is 11.3 Å². The Morgan fingerprint density at radius 2 is 2.40 bits per heavy atom. The van der Waals surface area contributed by atoms with Crippen molar-refractivity contribution in [2.75, 3.05) is 33.3 Å². The van der Waals surface area contributed by atoms with Crippen LogP contribution in [-0.4, -0.2) is 49.3 Å². The molecule has 1 aromatic rings. The molecule has 1 aliphatic rings. The molecule has 0 aromatic carbocycles. The summed E-state index contributed by atoms with van der Waals surface area (Å²) in [5.74, 6) is 0.751. The van der Waals surface area contributed by atoms with E-state index >= 15 is 0 Å². The first-order valence-corrected chi connectivity index (χ1v) is 8.45. The van der Waals surface area contributed by atoms with Gasteiger partial charge >= 0.3 is 0 Å². The summed E-state index contributed by atoms with van der Waals surface area (Å²) < 4.78 is 5.73. The van der Waals surface area contributed by atoms with Crippen LogP contribution in [0.5, 0.6) is 0 Å². The third-order valence-corrected chi connectivity index (χ3v) is 4.51. The molecule has 1 saturated heterocycles. The number of thiazole rings is 1. The zero-order valence-electron chi connectivity index (χ0n) is 12.9. The lowest BCUT2D eigenvalue weighted by Gasteiger charge is -2.30. The topological polar surface area (TPSA) is 37.4 Å². The predicted octanol–water partition coefficient (Wildman–Crippen LogP) is 2.15. The standard InChI is InChI=1S/C15H27N3OS/c1-12(2)4-5-15-17-13(11-20-15)8-16-9-14-10-18(3)6-7-19-14/h11-12,14,16H,4-10H2,1-3H3/t14-/m0/s1. The molecule has 0 aliphatic carbocycles. The van der Waals surface area contributed by atoms with Crippen LogP contribution in [0.25, 0.3) is 0 Å². The van der Waals surface area contributed by atoms with E-state index < -0.39 is 0 Å². The Bertz CT molecular complexity index is 394. The van der Waals surface area contributed by atoms with E-state index in [1.807, 2.05) is 0 Å². The van der Waals surface area contributed by atoms with Gasteiger partial charge < -0.3 is 15.0 Å². The average Bonchev–Trinajstić information content (AvgIpc) is 2.84. The number of likely N-dealkylation sites (N-methyl/N-ethyl adjacent to an activating group) is 1. The number of rotatable bonds is 7. The molecular formula is C15H27N3OS. The van der Waals surface area contributed by atoms with Crippen LogP contribution in [-0.2, 0) is 17.7 Å². The van der Waals surface area contributed by atoms with Crippen molar-refractivity contribution in [1.82, 2.24) is 15.2 Å².